The van der Waals surface area contributed by atoms with Crippen LogP contribution in [0.5, 0.6) is 0 Å². The minimum Gasteiger partial charge on any atom is -0.325 e. The number of fused-ring (bicyclic) bond motifs is 1. The number of anilines is 1. The molecule has 21 heavy (non-hydrogen) atoms. The third-order valence-corrected chi connectivity index (χ3v) is 5.08. The predicted molar refractivity (Wildman–Crippen MR) is 87.8 cm³/mol. The van der Waals surface area contributed by atoms with Gasteiger partial charge in [-0.15, -0.1) is 11.3 Å². The van der Waals surface area contributed by atoms with E-state index in [4.69, 9.17) is 0 Å². The van der Waals surface area contributed by atoms with Crippen molar-refractivity contribution in [1.29, 1.82) is 0 Å². The topological polar surface area (TPSA) is 32.3 Å². The molecule has 2 heterocycles. The maximum Gasteiger partial charge on any atom is 0.238 e. The van der Waals surface area contributed by atoms with Gasteiger partial charge in [0.2, 0.25) is 5.91 Å². The van der Waals surface area contributed by atoms with E-state index in [9.17, 15) is 4.79 Å². The van der Waals surface area contributed by atoms with Crippen LogP contribution in [0.4, 0.5) is 5.69 Å². The largest absolute Gasteiger partial charge is 0.325 e. The van der Waals surface area contributed by atoms with Gasteiger partial charge in [0.15, 0.2) is 0 Å². The Balaban J connectivity index is 1.62. The van der Waals surface area contributed by atoms with Crippen molar-refractivity contribution >= 4 is 22.9 Å². The normalized spacial score (nSPS) is 18.3. The first-order valence-electron chi connectivity index (χ1n) is 7.30. The van der Waals surface area contributed by atoms with Crippen LogP contribution >= 0.6 is 11.3 Å². The van der Waals surface area contributed by atoms with E-state index >= 15 is 0 Å². The monoisotopic (exact) mass is 300 g/mol. The van der Waals surface area contributed by atoms with E-state index in [2.05, 4.69) is 28.6 Å². The number of hydrogen-bond donors (Lipinski definition) is 1. The first-order chi connectivity index (χ1) is 10.1. The molecule has 1 aromatic carbocycles. The average Bonchev–Trinajstić information content (AvgIpc) is 2.94. The Hall–Kier alpha value is -1.65. The SMILES string of the molecule is Cc1ccc(NC(=O)CN2CCc3sccc3C2C)cc1. The van der Waals surface area contributed by atoms with Crippen molar-refractivity contribution in [2.24, 2.45) is 0 Å². The van der Waals surface area contributed by atoms with Gasteiger partial charge < -0.3 is 5.32 Å². The molecule has 0 spiro atoms. The van der Waals surface area contributed by atoms with Crippen LogP contribution in [0.15, 0.2) is 35.7 Å². The summed E-state index contributed by atoms with van der Waals surface area (Å²) in [5.74, 6) is 0.0596. The van der Waals surface area contributed by atoms with Crippen LogP contribution in [0.2, 0.25) is 0 Å². The van der Waals surface area contributed by atoms with Crippen molar-refractivity contribution in [1.82, 2.24) is 4.90 Å². The molecule has 1 unspecified atom stereocenters. The second-order valence-electron chi connectivity index (χ2n) is 5.61. The van der Waals surface area contributed by atoms with Gasteiger partial charge in [0, 0.05) is 23.2 Å². The van der Waals surface area contributed by atoms with Crippen LogP contribution in [0.1, 0.15) is 29.0 Å². The lowest BCUT2D eigenvalue weighted by molar-refractivity contribution is -0.117. The molecule has 1 aromatic heterocycles. The Kier molecular flexibility index (Phi) is 4.08. The molecule has 3 nitrogen and oxygen atoms in total. The standard InChI is InChI=1S/C17H20N2OS/c1-12-3-5-14(6-4-12)18-17(20)11-19-9-7-16-15(13(19)2)8-10-21-16/h3-6,8,10,13H,7,9,11H2,1-2H3,(H,18,20). The minimum atomic E-state index is 0.0596. The zero-order valence-corrected chi connectivity index (χ0v) is 13.2. The van der Waals surface area contributed by atoms with Crippen LogP contribution in [0, 0.1) is 6.92 Å². The fourth-order valence-corrected chi connectivity index (χ4v) is 3.76. The van der Waals surface area contributed by atoms with Crippen molar-refractivity contribution in [2.45, 2.75) is 26.3 Å². The molecule has 0 radical (unpaired) electrons. The molecule has 3 rings (SSSR count). The van der Waals surface area contributed by atoms with E-state index < -0.39 is 0 Å². The van der Waals surface area contributed by atoms with Gasteiger partial charge in [-0.05, 0) is 49.4 Å². The summed E-state index contributed by atoms with van der Waals surface area (Å²) in [7, 11) is 0. The second-order valence-corrected chi connectivity index (χ2v) is 6.61. The van der Waals surface area contributed by atoms with Crippen LogP contribution in [0.3, 0.4) is 0 Å². The zero-order chi connectivity index (χ0) is 14.8. The third kappa shape index (κ3) is 3.17. The summed E-state index contributed by atoms with van der Waals surface area (Å²) in [6, 6.07) is 10.4. The molecule has 0 saturated carbocycles. The molecule has 1 N–H and O–H groups in total. The molecule has 1 aliphatic heterocycles. The van der Waals surface area contributed by atoms with Gasteiger partial charge >= 0.3 is 0 Å². The predicted octanol–water partition coefficient (Wildman–Crippen LogP) is 3.61. The molecule has 2 aromatic rings. The number of thiophene rings is 1. The van der Waals surface area contributed by atoms with Gasteiger partial charge in [0.1, 0.15) is 0 Å². The van der Waals surface area contributed by atoms with Gasteiger partial charge in [-0.3, -0.25) is 9.69 Å². The van der Waals surface area contributed by atoms with Crippen molar-refractivity contribution in [3.8, 4) is 0 Å². The number of carbonyl (C=O) groups excluding carboxylic acids is 1. The fraction of sp³-hybridized carbons (Fsp3) is 0.353. The summed E-state index contributed by atoms with van der Waals surface area (Å²) in [5, 5.41) is 5.13. The Morgan fingerprint density at radius 3 is 2.86 bits per heavy atom. The summed E-state index contributed by atoms with van der Waals surface area (Å²) >= 11 is 1.83. The molecule has 0 fully saturated rings. The van der Waals surface area contributed by atoms with Crippen LogP contribution in [-0.2, 0) is 11.2 Å². The highest BCUT2D eigenvalue weighted by molar-refractivity contribution is 7.10. The second kappa shape index (κ2) is 6.00. The van der Waals surface area contributed by atoms with Gasteiger partial charge in [0.25, 0.3) is 0 Å². The van der Waals surface area contributed by atoms with E-state index in [0.29, 0.717) is 12.6 Å². The average molecular weight is 300 g/mol. The summed E-state index contributed by atoms with van der Waals surface area (Å²) < 4.78 is 0. The molecule has 4 heteroatoms. The van der Waals surface area contributed by atoms with Crippen LogP contribution < -0.4 is 5.32 Å². The maximum atomic E-state index is 12.2. The highest BCUT2D eigenvalue weighted by atomic mass is 32.1. The van der Waals surface area contributed by atoms with Gasteiger partial charge in [-0.1, -0.05) is 17.7 Å². The molecule has 1 atom stereocenters. The molecule has 110 valence electrons. The maximum absolute atomic E-state index is 12.2. The highest BCUT2D eigenvalue weighted by Gasteiger charge is 2.25. The fourth-order valence-electron chi connectivity index (χ4n) is 2.80. The van der Waals surface area contributed by atoms with Crippen molar-refractivity contribution in [3.63, 3.8) is 0 Å². The number of aryl methyl sites for hydroxylation is 1. The number of rotatable bonds is 3. The van der Waals surface area contributed by atoms with Crippen LogP contribution in [-0.4, -0.2) is 23.9 Å². The number of amides is 1. The summed E-state index contributed by atoms with van der Waals surface area (Å²) in [6.07, 6.45) is 1.05. The summed E-state index contributed by atoms with van der Waals surface area (Å²) in [4.78, 5) is 15.9. The van der Waals surface area contributed by atoms with Gasteiger partial charge in [0.05, 0.1) is 6.54 Å². The minimum absolute atomic E-state index is 0.0596. The Morgan fingerprint density at radius 1 is 1.33 bits per heavy atom. The quantitative estimate of drug-likeness (QED) is 0.939. The van der Waals surface area contributed by atoms with Gasteiger partial charge in [-0.2, -0.15) is 0 Å². The Labute approximate surface area is 129 Å². The van der Waals surface area contributed by atoms with Crippen LogP contribution in [0.25, 0.3) is 0 Å². The molecule has 1 aliphatic rings. The third-order valence-electron chi connectivity index (χ3n) is 4.09. The number of hydrogen-bond acceptors (Lipinski definition) is 3. The zero-order valence-electron chi connectivity index (χ0n) is 12.4. The molecule has 0 bridgehead atoms. The van der Waals surface area contributed by atoms with E-state index in [1.807, 2.05) is 42.5 Å². The molecule has 0 saturated heterocycles. The van der Waals surface area contributed by atoms with E-state index in [1.165, 1.54) is 16.0 Å². The van der Waals surface area contributed by atoms with Crippen molar-refractivity contribution in [2.75, 3.05) is 18.4 Å². The van der Waals surface area contributed by atoms with Crippen molar-refractivity contribution in [3.05, 3.63) is 51.7 Å². The first kappa shape index (κ1) is 14.3. The molecular formula is C17H20N2OS. The molecule has 1 amide bonds. The summed E-state index contributed by atoms with van der Waals surface area (Å²) in [6.45, 7) is 5.63. The lowest BCUT2D eigenvalue weighted by atomic mass is 10.0. The number of nitrogens with one attached hydrogen (secondary N) is 1. The number of benzene rings is 1. The van der Waals surface area contributed by atoms with Crippen molar-refractivity contribution < 1.29 is 4.79 Å². The summed E-state index contributed by atoms with van der Waals surface area (Å²) in [5.41, 5.74) is 3.45. The highest BCUT2D eigenvalue weighted by Crippen LogP contribution is 2.32. The Morgan fingerprint density at radius 2 is 2.10 bits per heavy atom. The lowest BCUT2D eigenvalue weighted by Crippen LogP contribution is -2.39. The lowest BCUT2D eigenvalue weighted by Gasteiger charge is -2.32. The number of nitrogens with zero attached hydrogens (tertiary/aromatic N) is 1. The number of carbonyl (C=O) groups is 1. The van der Waals surface area contributed by atoms with E-state index in [1.54, 1.807) is 0 Å². The van der Waals surface area contributed by atoms with Gasteiger partial charge in [-0.25, -0.2) is 0 Å². The molecular weight excluding hydrogens is 280 g/mol. The molecule has 0 aliphatic carbocycles. The Bertz CT molecular complexity index is 632. The first-order valence-corrected chi connectivity index (χ1v) is 8.18. The van der Waals surface area contributed by atoms with E-state index in [-0.39, 0.29) is 5.91 Å². The smallest absolute Gasteiger partial charge is 0.238 e. The van der Waals surface area contributed by atoms with E-state index in [0.717, 1.165) is 18.7 Å².